The van der Waals surface area contributed by atoms with Gasteiger partial charge >= 0.3 is 0 Å². The van der Waals surface area contributed by atoms with Crippen LogP contribution in [0.1, 0.15) is 12.5 Å². The lowest BCUT2D eigenvalue weighted by atomic mass is 10.1. The number of methoxy groups -OCH3 is 1. The molecule has 0 aliphatic heterocycles. The van der Waals surface area contributed by atoms with E-state index in [1.807, 2.05) is 61.5 Å². The monoisotopic (exact) mass is 225 g/mol. The summed E-state index contributed by atoms with van der Waals surface area (Å²) in [7, 11) is 1.67. The van der Waals surface area contributed by atoms with Gasteiger partial charge in [-0.1, -0.05) is 30.3 Å². The highest BCUT2D eigenvalue weighted by atomic mass is 16.5. The normalized spacial score (nSPS) is 11.3. The Balaban J connectivity index is 2.30. The van der Waals surface area contributed by atoms with Crippen molar-refractivity contribution in [3.8, 4) is 5.75 Å². The third kappa shape index (κ3) is 2.94. The largest absolute Gasteiger partial charge is 0.497 e. The minimum Gasteiger partial charge on any atom is -0.497 e. The van der Waals surface area contributed by atoms with Gasteiger partial charge in [0.05, 0.1) is 12.8 Å². The molecule has 0 heterocycles. The number of hydrogen-bond donors (Lipinski definition) is 0. The van der Waals surface area contributed by atoms with Gasteiger partial charge in [-0.3, -0.25) is 4.99 Å². The van der Waals surface area contributed by atoms with Crippen molar-refractivity contribution >= 4 is 11.4 Å². The van der Waals surface area contributed by atoms with Crippen molar-refractivity contribution in [2.45, 2.75) is 6.92 Å². The van der Waals surface area contributed by atoms with Gasteiger partial charge in [0.1, 0.15) is 5.75 Å². The second-order valence-electron chi connectivity index (χ2n) is 3.76. The predicted octanol–water partition coefficient (Wildman–Crippen LogP) is 3.84. The SMILES string of the molecule is COc1cccc(C(C)=Nc2ccccc2)c1. The zero-order chi connectivity index (χ0) is 12.1. The van der Waals surface area contributed by atoms with Gasteiger partial charge in [-0.25, -0.2) is 0 Å². The van der Waals surface area contributed by atoms with E-state index in [-0.39, 0.29) is 0 Å². The molecule has 2 nitrogen and oxygen atoms in total. The van der Waals surface area contributed by atoms with Crippen LogP contribution >= 0.6 is 0 Å². The standard InChI is InChI=1S/C15H15NO/c1-12(16-14-8-4-3-5-9-14)13-7-6-10-15(11-13)17-2/h3-11H,1-2H3. The Bertz CT molecular complexity index is 517. The van der Waals surface area contributed by atoms with E-state index < -0.39 is 0 Å². The molecule has 0 aliphatic rings. The Morgan fingerprint density at radius 3 is 2.47 bits per heavy atom. The van der Waals surface area contributed by atoms with Crippen LogP contribution in [-0.2, 0) is 0 Å². The van der Waals surface area contributed by atoms with E-state index in [9.17, 15) is 0 Å². The number of hydrogen-bond acceptors (Lipinski definition) is 2. The highest BCUT2D eigenvalue weighted by Gasteiger charge is 1.99. The van der Waals surface area contributed by atoms with E-state index in [4.69, 9.17) is 4.74 Å². The average Bonchev–Trinajstić information content (AvgIpc) is 2.40. The van der Waals surface area contributed by atoms with Crippen molar-refractivity contribution < 1.29 is 4.74 Å². The van der Waals surface area contributed by atoms with Crippen LogP contribution in [0.3, 0.4) is 0 Å². The number of rotatable bonds is 3. The molecule has 17 heavy (non-hydrogen) atoms. The fourth-order valence-electron chi connectivity index (χ4n) is 1.61. The van der Waals surface area contributed by atoms with E-state index in [0.29, 0.717) is 0 Å². The quantitative estimate of drug-likeness (QED) is 0.727. The van der Waals surface area contributed by atoms with E-state index in [1.54, 1.807) is 7.11 Å². The summed E-state index contributed by atoms with van der Waals surface area (Å²) < 4.78 is 5.20. The number of nitrogens with zero attached hydrogens (tertiary/aromatic N) is 1. The second-order valence-corrected chi connectivity index (χ2v) is 3.76. The van der Waals surface area contributed by atoms with Crippen molar-refractivity contribution in [2.75, 3.05) is 7.11 Å². The molecule has 0 amide bonds. The van der Waals surface area contributed by atoms with Crippen molar-refractivity contribution in [3.05, 3.63) is 60.2 Å². The van der Waals surface area contributed by atoms with Gasteiger partial charge in [-0.2, -0.15) is 0 Å². The minimum atomic E-state index is 0.852. The Hall–Kier alpha value is -2.09. The molecule has 2 aromatic carbocycles. The van der Waals surface area contributed by atoms with E-state index in [0.717, 1.165) is 22.7 Å². The first kappa shape index (κ1) is 11.4. The molecule has 0 saturated carbocycles. The first-order chi connectivity index (χ1) is 8.29. The Morgan fingerprint density at radius 2 is 1.76 bits per heavy atom. The van der Waals surface area contributed by atoms with E-state index >= 15 is 0 Å². The molecule has 0 saturated heterocycles. The topological polar surface area (TPSA) is 21.6 Å². The van der Waals surface area contributed by atoms with Crippen LogP contribution in [0.5, 0.6) is 5.75 Å². The first-order valence-electron chi connectivity index (χ1n) is 5.54. The van der Waals surface area contributed by atoms with Crippen LogP contribution in [0.4, 0.5) is 5.69 Å². The summed E-state index contributed by atoms with van der Waals surface area (Å²) in [5, 5.41) is 0. The molecule has 0 spiro atoms. The van der Waals surface area contributed by atoms with Crippen molar-refractivity contribution in [3.63, 3.8) is 0 Å². The second kappa shape index (κ2) is 5.30. The Morgan fingerprint density at radius 1 is 1.00 bits per heavy atom. The maximum absolute atomic E-state index is 5.20. The molecule has 0 radical (unpaired) electrons. The molecule has 0 fully saturated rings. The molecular weight excluding hydrogens is 210 g/mol. The van der Waals surface area contributed by atoms with Gasteiger partial charge < -0.3 is 4.74 Å². The Kier molecular flexibility index (Phi) is 3.55. The highest BCUT2D eigenvalue weighted by Crippen LogP contribution is 2.16. The van der Waals surface area contributed by atoms with Gasteiger partial charge in [0.2, 0.25) is 0 Å². The summed E-state index contributed by atoms with van der Waals surface area (Å²) in [5.41, 5.74) is 3.02. The van der Waals surface area contributed by atoms with Gasteiger partial charge in [-0.15, -0.1) is 0 Å². The molecular formula is C15H15NO. The average molecular weight is 225 g/mol. The van der Waals surface area contributed by atoms with Crippen molar-refractivity contribution in [1.82, 2.24) is 0 Å². The summed E-state index contributed by atoms with van der Waals surface area (Å²) in [6.45, 7) is 2.00. The summed E-state index contributed by atoms with van der Waals surface area (Å²) in [4.78, 5) is 4.57. The van der Waals surface area contributed by atoms with E-state index in [1.165, 1.54) is 0 Å². The molecule has 0 aromatic heterocycles. The molecule has 0 N–H and O–H groups in total. The number of para-hydroxylation sites is 1. The Labute approximate surface area is 102 Å². The van der Waals surface area contributed by atoms with Crippen LogP contribution in [0.2, 0.25) is 0 Å². The van der Waals surface area contributed by atoms with Gasteiger partial charge in [0.15, 0.2) is 0 Å². The fourth-order valence-corrected chi connectivity index (χ4v) is 1.61. The van der Waals surface area contributed by atoms with Crippen molar-refractivity contribution in [1.29, 1.82) is 0 Å². The highest BCUT2D eigenvalue weighted by molar-refractivity contribution is 6.00. The van der Waals surface area contributed by atoms with Gasteiger partial charge in [-0.05, 0) is 36.8 Å². The molecule has 86 valence electrons. The zero-order valence-corrected chi connectivity index (χ0v) is 10.1. The summed E-state index contributed by atoms with van der Waals surface area (Å²) in [6, 6.07) is 17.9. The van der Waals surface area contributed by atoms with E-state index in [2.05, 4.69) is 4.99 Å². The summed E-state index contributed by atoms with van der Waals surface area (Å²) >= 11 is 0. The summed E-state index contributed by atoms with van der Waals surface area (Å²) in [6.07, 6.45) is 0. The third-order valence-corrected chi connectivity index (χ3v) is 2.54. The smallest absolute Gasteiger partial charge is 0.119 e. The number of aliphatic imine (C=N–C) groups is 1. The molecule has 0 unspecified atom stereocenters. The molecule has 2 aromatic rings. The lowest BCUT2D eigenvalue weighted by Crippen LogP contribution is -1.94. The lowest BCUT2D eigenvalue weighted by Gasteiger charge is -2.04. The minimum absolute atomic E-state index is 0.852. The molecule has 0 aliphatic carbocycles. The maximum atomic E-state index is 5.20. The van der Waals surface area contributed by atoms with Gasteiger partial charge in [0, 0.05) is 5.71 Å². The summed E-state index contributed by atoms with van der Waals surface area (Å²) in [5.74, 6) is 0.852. The number of ether oxygens (including phenoxy) is 1. The molecule has 2 heteroatoms. The third-order valence-electron chi connectivity index (χ3n) is 2.54. The number of benzene rings is 2. The predicted molar refractivity (Wildman–Crippen MR) is 71.3 cm³/mol. The lowest BCUT2D eigenvalue weighted by molar-refractivity contribution is 0.414. The fraction of sp³-hybridized carbons (Fsp3) is 0.133. The first-order valence-corrected chi connectivity index (χ1v) is 5.54. The van der Waals surface area contributed by atoms with Crippen LogP contribution < -0.4 is 4.74 Å². The van der Waals surface area contributed by atoms with Crippen molar-refractivity contribution in [2.24, 2.45) is 4.99 Å². The molecule has 0 bridgehead atoms. The van der Waals surface area contributed by atoms with Crippen LogP contribution in [-0.4, -0.2) is 12.8 Å². The maximum Gasteiger partial charge on any atom is 0.119 e. The zero-order valence-electron chi connectivity index (χ0n) is 10.1. The van der Waals surface area contributed by atoms with Crippen LogP contribution in [0.15, 0.2) is 59.6 Å². The molecule has 0 atom stereocenters. The molecule has 2 rings (SSSR count). The van der Waals surface area contributed by atoms with Crippen LogP contribution in [0, 0.1) is 0 Å². The van der Waals surface area contributed by atoms with Gasteiger partial charge in [0.25, 0.3) is 0 Å². The van der Waals surface area contributed by atoms with Crippen LogP contribution in [0.25, 0.3) is 0 Å².